The van der Waals surface area contributed by atoms with Crippen molar-refractivity contribution in [2.24, 2.45) is 5.73 Å². The van der Waals surface area contributed by atoms with Crippen LogP contribution in [0, 0.1) is 0 Å². The van der Waals surface area contributed by atoms with Crippen molar-refractivity contribution < 1.29 is 16.8 Å². The molecular formula is C12H20N2O4S2. The van der Waals surface area contributed by atoms with Crippen molar-refractivity contribution in [1.82, 2.24) is 4.72 Å². The van der Waals surface area contributed by atoms with Gasteiger partial charge in [0.1, 0.15) is 0 Å². The Kier molecular flexibility index (Phi) is 5.69. The second kappa shape index (κ2) is 6.66. The summed E-state index contributed by atoms with van der Waals surface area (Å²) in [5, 5.41) is 0. The SMILES string of the molecule is CCS(=O)(=O)CCNS(=O)(=O)c1ccc(C(C)N)cc1. The molecule has 0 heterocycles. The van der Waals surface area contributed by atoms with E-state index in [4.69, 9.17) is 5.73 Å². The van der Waals surface area contributed by atoms with Crippen LogP contribution in [0.1, 0.15) is 25.5 Å². The van der Waals surface area contributed by atoms with Gasteiger partial charge in [-0.15, -0.1) is 0 Å². The number of rotatable bonds is 7. The molecular weight excluding hydrogens is 300 g/mol. The van der Waals surface area contributed by atoms with E-state index in [2.05, 4.69) is 4.72 Å². The lowest BCUT2D eigenvalue weighted by Crippen LogP contribution is -2.29. The smallest absolute Gasteiger partial charge is 0.240 e. The van der Waals surface area contributed by atoms with E-state index >= 15 is 0 Å². The fraction of sp³-hybridized carbons (Fsp3) is 0.500. The summed E-state index contributed by atoms with van der Waals surface area (Å²) < 4.78 is 48.8. The highest BCUT2D eigenvalue weighted by Crippen LogP contribution is 2.14. The number of sulfonamides is 1. The van der Waals surface area contributed by atoms with Gasteiger partial charge >= 0.3 is 0 Å². The fourth-order valence-electron chi connectivity index (χ4n) is 1.51. The predicted octanol–water partition coefficient (Wildman–Crippen LogP) is 0.419. The average Bonchev–Trinajstić information content (AvgIpc) is 2.38. The van der Waals surface area contributed by atoms with E-state index in [1.807, 2.05) is 0 Å². The van der Waals surface area contributed by atoms with Gasteiger partial charge in [-0.25, -0.2) is 21.6 Å². The van der Waals surface area contributed by atoms with E-state index in [1.54, 1.807) is 19.1 Å². The standard InChI is InChI=1S/C12H20N2O4S2/c1-3-19(15,16)9-8-14-20(17,18)12-6-4-11(5-7-12)10(2)13/h4-7,10,14H,3,8-9,13H2,1-2H3. The van der Waals surface area contributed by atoms with Crippen molar-refractivity contribution in [3.63, 3.8) is 0 Å². The quantitative estimate of drug-likeness (QED) is 0.757. The summed E-state index contributed by atoms with van der Waals surface area (Å²) in [6, 6.07) is 6.02. The van der Waals surface area contributed by atoms with Gasteiger partial charge in [-0.3, -0.25) is 0 Å². The van der Waals surface area contributed by atoms with E-state index in [9.17, 15) is 16.8 Å². The zero-order chi connectivity index (χ0) is 15.4. The molecule has 1 atom stereocenters. The first-order valence-electron chi connectivity index (χ1n) is 6.23. The second-order valence-electron chi connectivity index (χ2n) is 4.49. The van der Waals surface area contributed by atoms with Crippen molar-refractivity contribution in [2.45, 2.75) is 24.8 Å². The molecule has 0 aromatic heterocycles. The zero-order valence-corrected chi connectivity index (χ0v) is 13.2. The predicted molar refractivity (Wildman–Crippen MR) is 78.6 cm³/mol. The van der Waals surface area contributed by atoms with Gasteiger partial charge < -0.3 is 5.73 Å². The number of sulfone groups is 1. The van der Waals surface area contributed by atoms with Gasteiger partial charge in [-0.2, -0.15) is 0 Å². The molecule has 1 aromatic rings. The van der Waals surface area contributed by atoms with Crippen molar-refractivity contribution in [1.29, 1.82) is 0 Å². The third-order valence-electron chi connectivity index (χ3n) is 2.86. The first-order chi connectivity index (χ1) is 9.18. The minimum absolute atomic E-state index is 0.00217. The van der Waals surface area contributed by atoms with Crippen LogP contribution in [0.15, 0.2) is 29.2 Å². The molecule has 114 valence electrons. The Labute approximate surface area is 120 Å². The van der Waals surface area contributed by atoms with Crippen molar-refractivity contribution in [3.8, 4) is 0 Å². The van der Waals surface area contributed by atoms with Gasteiger partial charge in [-0.05, 0) is 24.6 Å². The van der Waals surface area contributed by atoms with Crippen LogP contribution in [0.5, 0.6) is 0 Å². The number of nitrogens with two attached hydrogens (primary N) is 1. The largest absolute Gasteiger partial charge is 0.324 e. The van der Waals surface area contributed by atoms with Gasteiger partial charge in [0.05, 0.1) is 10.6 Å². The third kappa shape index (κ3) is 4.86. The van der Waals surface area contributed by atoms with Gasteiger partial charge in [0.15, 0.2) is 9.84 Å². The highest BCUT2D eigenvalue weighted by Gasteiger charge is 2.15. The molecule has 1 rings (SSSR count). The minimum Gasteiger partial charge on any atom is -0.324 e. The maximum absolute atomic E-state index is 12.0. The van der Waals surface area contributed by atoms with E-state index in [-0.39, 0.29) is 29.0 Å². The molecule has 0 bridgehead atoms. The topological polar surface area (TPSA) is 106 Å². The highest BCUT2D eigenvalue weighted by molar-refractivity contribution is 7.91. The highest BCUT2D eigenvalue weighted by atomic mass is 32.2. The summed E-state index contributed by atoms with van der Waals surface area (Å²) in [5.74, 6) is -0.210. The Morgan fingerprint density at radius 3 is 2.15 bits per heavy atom. The Balaban J connectivity index is 2.74. The molecule has 0 saturated heterocycles. The lowest BCUT2D eigenvalue weighted by molar-refractivity contribution is 0.581. The monoisotopic (exact) mass is 320 g/mol. The molecule has 8 heteroatoms. The van der Waals surface area contributed by atoms with E-state index in [1.165, 1.54) is 19.1 Å². The first kappa shape index (κ1) is 17.1. The molecule has 20 heavy (non-hydrogen) atoms. The Hall–Kier alpha value is -0.960. The van der Waals surface area contributed by atoms with Gasteiger partial charge in [0.25, 0.3) is 0 Å². The number of hydrogen-bond donors (Lipinski definition) is 2. The second-order valence-corrected chi connectivity index (χ2v) is 8.73. The molecule has 0 aliphatic rings. The molecule has 1 aromatic carbocycles. The molecule has 6 nitrogen and oxygen atoms in total. The molecule has 0 amide bonds. The molecule has 0 radical (unpaired) electrons. The van der Waals surface area contributed by atoms with Crippen LogP contribution < -0.4 is 10.5 Å². The molecule has 0 saturated carbocycles. The summed E-state index contributed by atoms with van der Waals surface area (Å²) in [6.45, 7) is 3.20. The van der Waals surface area contributed by atoms with Gasteiger partial charge in [0, 0.05) is 18.3 Å². The maximum atomic E-state index is 12.0. The molecule has 0 spiro atoms. The first-order valence-corrected chi connectivity index (χ1v) is 9.54. The normalized spacial score (nSPS) is 14.2. The fourth-order valence-corrected chi connectivity index (χ4v) is 3.37. The number of benzene rings is 1. The van der Waals surface area contributed by atoms with E-state index in [0.29, 0.717) is 0 Å². The van der Waals surface area contributed by atoms with Crippen molar-refractivity contribution in [2.75, 3.05) is 18.1 Å². The molecule has 1 unspecified atom stereocenters. The third-order valence-corrected chi connectivity index (χ3v) is 6.04. The van der Waals surface area contributed by atoms with Crippen LogP contribution in [0.3, 0.4) is 0 Å². The molecule has 3 N–H and O–H groups in total. The summed E-state index contributed by atoms with van der Waals surface area (Å²) in [4.78, 5) is 0.0933. The number of nitrogens with one attached hydrogen (secondary N) is 1. The summed E-state index contributed by atoms with van der Waals surface area (Å²) >= 11 is 0. The Bertz CT molecular complexity index is 635. The minimum atomic E-state index is -3.69. The van der Waals surface area contributed by atoms with Crippen LogP contribution in [0.2, 0.25) is 0 Å². The summed E-state index contributed by atoms with van der Waals surface area (Å²) in [6.07, 6.45) is 0. The van der Waals surface area contributed by atoms with Crippen LogP contribution in [-0.4, -0.2) is 34.9 Å². The average molecular weight is 320 g/mol. The Morgan fingerprint density at radius 1 is 1.15 bits per heavy atom. The van der Waals surface area contributed by atoms with Crippen LogP contribution >= 0.6 is 0 Å². The lowest BCUT2D eigenvalue weighted by atomic mass is 10.1. The summed E-state index contributed by atoms with van der Waals surface area (Å²) in [7, 11) is -6.87. The number of hydrogen-bond acceptors (Lipinski definition) is 5. The van der Waals surface area contributed by atoms with E-state index in [0.717, 1.165) is 5.56 Å². The van der Waals surface area contributed by atoms with Gasteiger partial charge in [0.2, 0.25) is 10.0 Å². The van der Waals surface area contributed by atoms with Crippen molar-refractivity contribution >= 4 is 19.9 Å². The Morgan fingerprint density at radius 2 is 1.70 bits per heavy atom. The summed E-state index contributed by atoms with van der Waals surface area (Å²) in [5.41, 5.74) is 6.52. The van der Waals surface area contributed by atoms with Crippen LogP contribution in [0.25, 0.3) is 0 Å². The van der Waals surface area contributed by atoms with Crippen LogP contribution in [-0.2, 0) is 19.9 Å². The molecule has 0 aliphatic carbocycles. The molecule has 0 aliphatic heterocycles. The van der Waals surface area contributed by atoms with Gasteiger partial charge in [-0.1, -0.05) is 19.1 Å². The van der Waals surface area contributed by atoms with E-state index < -0.39 is 19.9 Å². The lowest BCUT2D eigenvalue weighted by Gasteiger charge is -2.09. The van der Waals surface area contributed by atoms with Crippen molar-refractivity contribution in [3.05, 3.63) is 29.8 Å². The molecule has 0 fully saturated rings. The zero-order valence-electron chi connectivity index (χ0n) is 11.5. The maximum Gasteiger partial charge on any atom is 0.240 e. The van der Waals surface area contributed by atoms with Crippen LogP contribution in [0.4, 0.5) is 0 Å².